The lowest BCUT2D eigenvalue weighted by Gasteiger charge is -2.43. The fourth-order valence-electron chi connectivity index (χ4n) is 2.41. The summed E-state index contributed by atoms with van der Waals surface area (Å²) in [6, 6.07) is 0. The van der Waals surface area contributed by atoms with Crippen molar-refractivity contribution in [2.75, 3.05) is 13.1 Å². The smallest absolute Gasteiger partial charge is 0.240 e. The zero-order chi connectivity index (χ0) is 12.3. The van der Waals surface area contributed by atoms with Crippen molar-refractivity contribution in [3.05, 3.63) is 16.6 Å². The second-order valence-corrected chi connectivity index (χ2v) is 5.64. The molecule has 1 fully saturated rings. The molecule has 1 aromatic heterocycles. The molecule has 2 rings (SSSR count). The van der Waals surface area contributed by atoms with Crippen LogP contribution in [-0.4, -0.2) is 34.4 Å². The molecule has 4 nitrogen and oxygen atoms in total. The quantitative estimate of drug-likeness (QED) is 0.887. The van der Waals surface area contributed by atoms with Crippen LogP contribution in [-0.2, 0) is 11.3 Å². The summed E-state index contributed by atoms with van der Waals surface area (Å²) in [5.74, 6) is 0.162. The van der Waals surface area contributed by atoms with Gasteiger partial charge in [-0.3, -0.25) is 14.7 Å². The molecule has 0 bridgehead atoms. The maximum atomic E-state index is 12.1. The van der Waals surface area contributed by atoms with Gasteiger partial charge in [-0.15, -0.1) is 11.3 Å². The average Bonchev–Trinajstić information content (AvgIpc) is 2.79. The van der Waals surface area contributed by atoms with Gasteiger partial charge in [0.05, 0.1) is 11.0 Å². The molecule has 94 valence electrons. The average molecular weight is 253 g/mol. The molecule has 2 heterocycles. The highest BCUT2D eigenvalue weighted by Crippen LogP contribution is 2.26. The van der Waals surface area contributed by atoms with Crippen molar-refractivity contribution in [3.8, 4) is 0 Å². The van der Waals surface area contributed by atoms with Crippen LogP contribution in [0.15, 0.2) is 11.7 Å². The van der Waals surface area contributed by atoms with Gasteiger partial charge in [-0.2, -0.15) is 0 Å². The number of thiazole rings is 1. The van der Waals surface area contributed by atoms with E-state index in [1.54, 1.807) is 11.3 Å². The minimum atomic E-state index is -0.364. The van der Waals surface area contributed by atoms with Crippen molar-refractivity contribution in [1.82, 2.24) is 15.2 Å². The van der Waals surface area contributed by atoms with Crippen LogP contribution in [0.5, 0.6) is 0 Å². The highest BCUT2D eigenvalue weighted by Gasteiger charge is 2.41. The fourth-order valence-corrected chi connectivity index (χ4v) is 3.01. The Hall–Kier alpha value is -0.940. The second kappa shape index (κ2) is 5.14. The monoisotopic (exact) mass is 253 g/mol. The second-order valence-electron chi connectivity index (χ2n) is 4.67. The van der Waals surface area contributed by atoms with Crippen LogP contribution >= 0.6 is 11.3 Å². The summed E-state index contributed by atoms with van der Waals surface area (Å²) in [5.41, 5.74) is 1.48. The third kappa shape index (κ3) is 2.50. The Balaban J connectivity index is 2.14. The van der Waals surface area contributed by atoms with E-state index in [9.17, 15) is 4.79 Å². The van der Waals surface area contributed by atoms with Crippen LogP contribution in [0.4, 0.5) is 0 Å². The summed E-state index contributed by atoms with van der Waals surface area (Å²) in [4.78, 5) is 19.7. The highest BCUT2D eigenvalue weighted by atomic mass is 32.1. The predicted octanol–water partition coefficient (Wildman–Crippen LogP) is 1.63. The number of hydrogen-bond donors (Lipinski definition) is 1. The molecule has 0 radical (unpaired) electrons. The maximum Gasteiger partial charge on any atom is 0.240 e. The van der Waals surface area contributed by atoms with Gasteiger partial charge in [-0.25, -0.2) is 0 Å². The van der Waals surface area contributed by atoms with Gasteiger partial charge < -0.3 is 5.32 Å². The molecule has 1 aliphatic rings. The summed E-state index contributed by atoms with van der Waals surface area (Å²) in [6.45, 7) is 6.66. The van der Waals surface area contributed by atoms with Crippen molar-refractivity contribution in [2.24, 2.45) is 0 Å². The Morgan fingerprint density at radius 2 is 2.47 bits per heavy atom. The van der Waals surface area contributed by atoms with E-state index < -0.39 is 0 Å². The minimum Gasteiger partial charge on any atom is -0.353 e. The predicted molar refractivity (Wildman–Crippen MR) is 68.8 cm³/mol. The molecule has 1 amide bonds. The number of aromatic nitrogens is 1. The number of nitrogens with one attached hydrogen (secondary N) is 1. The normalized spacial score (nSPS) is 25.9. The van der Waals surface area contributed by atoms with Crippen LogP contribution < -0.4 is 5.32 Å². The summed E-state index contributed by atoms with van der Waals surface area (Å²) in [5, 5.41) is 2.97. The van der Waals surface area contributed by atoms with E-state index in [-0.39, 0.29) is 11.4 Å². The lowest BCUT2D eigenvalue weighted by atomic mass is 9.90. The molecule has 0 aliphatic carbocycles. The Morgan fingerprint density at radius 1 is 1.65 bits per heavy atom. The molecule has 0 aromatic carbocycles. The molecule has 1 atom stereocenters. The van der Waals surface area contributed by atoms with Crippen molar-refractivity contribution in [3.63, 3.8) is 0 Å². The molecule has 1 N–H and O–H groups in total. The lowest BCUT2D eigenvalue weighted by molar-refractivity contribution is -0.137. The van der Waals surface area contributed by atoms with Gasteiger partial charge in [0.2, 0.25) is 5.91 Å². The number of carbonyl (C=O) groups is 1. The Labute approximate surface area is 106 Å². The standard InChI is InChI=1S/C12H19N3OS/c1-3-4-12(2)11(16)14-5-6-15(12)8-10-7-13-9-17-10/h7,9H,3-6,8H2,1-2H3,(H,14,16)/t12-/m0/s1. The molecular weight excluding hydrogens is 234 g/mol. The molecule has 17 heavy (non-hydrogen) atoms. The zero-order valence-corrected chi connectivity index (χ0v) is 11.2. The summed E-state index contributed by atoms with van der Waals surface area (Å²) in [6.07, 6.45) is 3.81. The van der Waals surface area contributed by atoms with Crippen molar-refractivity contribution in [2.45, 2.75) is 38.8 Å². The zero-order valence-electron chi connectivity index (χ0n) is 10.4. The third-order valence-corrected chi connectivity index (χ3v) is 4.19. The number of piperazine rings is 1. The minimum absolute atomic E-state index is 0.162. The fraction of sp³-hybridized carbons (Fsp3) is 0.667. The summed E-state index contributed by atoms with van der Waals surface area (Å²) in [7, 11) is 0. The van der Waals surface area contributed by atoms with Gasteiger partial charge in [-0.05, 0) is 13.3 Å². The number of hydrogen-bond acceptors (Lipinski definition) is 4. The first kappa shape index (κ1) is 12.5. The largest absolute Gasteiger partial charge is 0.353 e. The van der Waals surface area contributed by atoms with Crippen LogP contribution in [0, 0.1) is 0 Å². The molecular formula is C12H19N3OS. The van der Waals surface area contributed by atoms with E-state index in [4.69, 9.17) is 0 Å². The number of carbonyl (C=O) groups excluding carboxylic acids is 1. The summed E-state index contributed by atoms with van der Waals surface area (Å²) >= 11 is 1.65. The molecule has 0 unspecified atom stereocenters. The molecule has 1 saturated heterocycles. The van der Waals surface area contributed by atoms with E-state index in [0.29, 0.717) is 0 Å². The van der Waals surface area contributed by atoms with Gasteiger partial charge >= 0.3 is 0 Å². The van der Waals surface area contributed by atoms with Crippen LogP contribution in [0.3, 0.4) is 0 Å². The Bertz CT molecular complexity index is 379. The van der Waals surface area contributed by atoms with Gasteiger partial charge in [0, 0.05) is 30.7 Å². The van der Waals surface area contributed by atoms with Gasteiger partial charge in [0.25, 0.3) is 0 Å². The topological polar surface area (TPSA) is 45.2 Å². The lowest BCUT2D eigenvalue weighted by Crippen LogP contribution is -2.62. The molecule has 0 spiro atoms. The van der Waals surface area contributed by atoms with E-state index in [1.165, 1.54) is 4.88 Å². The highest BCUT2D eigenvalue weighted by molar-refractivity contribution is 7.09. The van der Waals surface area contributed by atoms with E-state index in [2.05, 4.69) is 22.1 Å². The molecule has 1 aliphatic heterocycles. The maximum absolute atomic E-state index is 12.1. The van der Waals surface area contributed by atoms with Crippen molar-refractivity contribution in [1.29, 1.82) is 0 Å². The van der Waals surface area contributed by atoms with Crippen LogP contribution in [0.1, 0.15) is 31.6 Å². The SMILES string of the molecule is CCC[C@@]1(C)C(=O)NCCN1Cc1cncs1. The Morgan fingerprint density at radius 3 is 3.12 bits per heavy atom. The third-order valence-electron chi connectivity index (χ3n) is 3.42. The van der Waals surface area contributed by atoms with Gasteiger partial charge in [0.15, 0.2) is 0 Å². The van der Waals surface area contributed by atoms with E-state index in [1.807, 2.05) is 18.6 Å². The van der Waals surface area contributed by atoms with Crippen molar-refractivity contribution < 1.29 is 4.79 Å². The first-order chi connectivity index (χ1) is 8.16. The Kier molecular flexibility index (Phi) is 3.79. The first-order valence-electron chi connectivity index (χ1n) is 6.07. The summed E-state index contributed by atoms with van der Waals surface area (Å²) < 4.78 is 0. The van der Waals surface area contributed by atoms with Gasteiger partial charge in [-0.1, -0.05) is 13.3 Å². The van der Waals surface area contributed by atoms with Crippen LogP contribution in [0.25, 0.3) is 0 Å². The molecule has 1 aromatic rings. The number of nitrogens with zero attached hydrogens (tertiary/aromatic N) is 2. The molecule has 0 saturated carbocycles. The number of amides is 1. The van der Waals surface area contributed by atoms with E-state index >= 15 is 0 Å². The van der Waals surface area contributed by atoms with Gasteiger partial charge in [0.1, 0.15) is 0 Å². The van der Waals surface area contributed by atoms with Crippen molar-refractivity contribution >= 4 is 17.2 Å². The first-order valence-corrected chi connectivity index (χ1v) is 6.95. The molecule has 5 heteroatoms. The van der Waals surface area contributed by atoms with E-state index in [0.717, 1.165) is 32.5 Å². The number of rotatable bonds is 4. The van der Waals surface area contributed by atoms with Crippen LogP contribution in [0.2, 0.25) is 0 Å².